The number of hydrogen-bond acceptors (Lipinski definition) is 7. The van der Waals surface area contributed by atoms with Gasteiger partial charge in [-0.1, -0.05) is 0 Å². The van der Waals surface area contributed by atoms with Crippen molar-refractivity contribution in [1.82, 2.24) is 0 Å². The molecule has 18 heavy (non-hydrogen) atoms. The number of aliphatic carboxylic acids is 1. The topological polar surface area (TPSA) is 112 Å². The Bertz CT molecular complexity index is 313. The van der Waals surface area contributed by atoms with E-state index in [-0.39, 0.29) is 6.61 Å². The molecule has 5 unspecified atom stereocenters. The number of methoxy groups -OCH3 is 1. The van der Waals surface area contributed by atoms with E-state index in [9.17, 15) is 14.5 Å². The number of ether oxygens (including phenoxy) is 2. The zero-order valence-corrected chi connectivity index (χ0v) is 10.5. The van der Waals surface area contributed by atoms with Crippen LogP contribution in [0.5, 0.6) is 0 Å². The molecule has 1 aliphatic rings. The van der Waals surface area contributed by atoms with E-state index in [1.165, 1.54) is 7.11 Å². The first-order chi connectivity index (χ1) is 8.45. The molecule has 10 heteroatoms. The second-order valence-corrected chi connectivity index (χ2v) is 4.48. The fourth-order valence-corrected chi connectivity index (χ4v) is 2.03. The molecule has 1 aliphatic heterocycles. The van der Waals surface area contributed by atoms with Crippen molar-refractivity contribution in [2.24, 2.45) is 0 Å². The van der Waals surface area contributed by atoms with E-state index in [0.717, 1.165) is 0 Å². The van der Waals surface area contributed by atoms with E-state index in [1.54, 1.807) is 0 Å². The average molecular weight is 279 g/mol. The standard InChI is InChI=1S/C8H12BO8P/c1-14-7-4(17-8(9)6(7)12)2-15-18(13)16-3-5(10)11/h4,6-8,12H,2-3H2,1H3/p+1. The number of carboxylic acid groups (broad SMARTS) is 1. The van der Waals surface area contributed by atoms with Gasteiger partial charge in [0.2, 0.25) is 6.61 Å². The Labute approximate surface area is 106 Å². The van der Waals surface area contributed by atoms with Crippen molar-refractivity contribution in [3.8, 4) is 0 Å². The summed E-state index contributed by atoms with van der Waals surface area (Å²) < 4.78 is 30.4. The van der Waals surface area contributed by atoms with Crippen LogP contribution in [-0.4, -0.2) is 68.7 Å². The summed E-state index contributed by atoms with van der Waals surface area (Å²) in [4.78, 5) is 10.1. The lowest BCUT2D eigenvalue weighted by Gasteiger charge is -2.16. The maximum Gasteiger partial charge on any atom is 0.698 e. The first kappa shape index (κ1) is 15.5. The second-order valence-electron chi connectivity index (χ2n) is 3.52. The molecule has 0 aromatic carbocycles. The summed E-state index contributed by atoms with van der Waals surface area (Å²) in [6.07, 6.45) is -2.42. The van der Waals surface area contributed by atoms with Crippen molar-refractivity contribution >= 4 is 22.1 Å². The van der Waals surface area contributed by atoms with Crippen molar-refractivity contribution in [3.63, 3.8) is 0 Å². The van der Waals surface area contributed by atoms with Gasteiger partial charge < -0.3 is 19.7 Å². The summed E-state index contributed by atoms with van der Waals surface area (Å²) in [5.41, 5.74) is 0. The van der Waals surface area contributed by atoms with Crippen LogP contribution in [-0.2, 0) is 27.9 Å². The molecule has 0 aromatic rings. The summed E-state index contributed by atoms with van der Waals surface area (Å²) in [5, 5.41) is 17.8. The second kappa shape index (κ2) is 7.13. The molecular weight excluding hydrogens is 266 g/mol. The first-order valence-electron chi connectivity index (χ1n) is 5.02. The van der Waals surface area contributed by atoms with Crippen LogP contribution in [0.3, 0.4) is 0 Å². The third kappa shape index (κ3) is 4.27. The van der Waals surface area contributed by atoms with Gasteiger partial charge in [0.1, 0.15) is 32.8 Å². The lowest BCUT2D eigenvalue weighted by Crippen LogP contribution is -2.36. The molecule has 2 N–H and O–H groups in total. The fraction of sp³-hybridized carbons (Fsp3) is 0.875. The number of hydrogen-bond donors (Lipinski definition) is 2. The summed E-state index contributed by atoms with van der Waals surface area (Å²) in [5.74, 6) is -1.26. The maximum atomic E-state index is 11.1. The quantitative estimate of drug-likeness (QED) is 0.452. The van der Waals surface area contributed by atoms with Crippen LogP contribution in [0.2, 0.25) is 0 Å². The van der Waals surface area contributed by atoms with Crippen LogP contribution in [0.4, 0.5) is 0 Å². The monoisotopic (exact) mass is 279 g/mol. The van der Waals surface area contributed by atoms with Gasteiger partial charge in [0.05, 0.1) is 0 Å². The molecule has 1 saturated heterocycles. The molecule has 2 radical (unpaired) electrons. The van der Waals surface area contributed by atoms with E-state index in [1.807, 2.05) is 0 Å². The zero-order valence-electron chi connectivity index (χ0n) is 9.59. The highest BCUT2D eigenvalue weighted by Gasteiger charge is 2.43. The SMILES string of the molecule is [B]C1OC(CO[P+](=O)OCC(=O)O)C(OC)C1O. The Morgan fingerprint density at radius 3 is 2.72 bits per heavy atom. The van der Waals surface area contributed by atoms with Crippen LogP contribution < -0.4 is 0 Å². The van der Waals surface area contributed by atoms with Crippen LogP contribution in [0.1, 0.15) is 0 Å². The van der Waals surface area contributed by atoms with E-state index >= 15 is 0 Å². The summed E-state index contributed by atoms with van der Waals surface area (Å²) in [6, 6.07) is -0.915. The van der Waals surface area contributed by atoms with Gasteiger partial charge in [0, 0.05) is 17.7 Å². The molecule has 0 saturated carbocycles. The first-order valence-corrected chi connectivity index (χ1v) is 6.12. The zero-order chi connectivity index (χ0) is 13.7. The lowest BCUT2D eigenvalue weighted by molar-refractivity contribution is -0.139. The highest BCUT2D eigenvalue weighted by atomic mass is 31.1. The lowest BCUT2D eigenvalue weighted by atomic mass is 9.93. The van der Waals surface area contributed by atoms with Gasteiger partial charge in [0.25, 0.3) is 0 Å². The van der Waals surface area contributed by atoms with E-state index in [0.29, 0.717) is 0 Å². The normalized spacial score (nSPS) is 32.4. The number of carboxylic acids is 1. The van der Waals surface area contributed by atoms with Crippen molar-refractivity contribution < 1.29 is 38.1 Å². The molecule has 0 bridgehead atoms. The molecule has 100 valence electrons. The summed E-state index contributed by atoms with van der Waals surface area (Å²) >= 11 is 0. The predicted molar refractivity (Wildman–Crippen MR) is 58.4 cm³/mol. The summed E-state index contributed by atoms with van der Waals surface area (Å²) in [6.45, 7) is -0.922. The van der Waals surface area contributed by atoms with Gasteiger partial charge in [-0.25, -0.2) is 4.79 Å². The van der Waals surface area contributed by atoms with Gasteiger partial charge in [-0.2, -0.15) is 0 Å². The Morgan fingerprint density at radius 1 is 1.50 bits per heavy atom. The number of aliphatic hydroxyl groups is 1. The van der Waals surface area contributed by atoms with Gasteiger partial charge in [-0.15, -0.1) is 9.05 Å². The van der Waals surface area contributed by atoms with Crippen molar-refractivity contribution in [3.05, 3.63) is 0 Å². The van der Waals surface area contributed by atoms with Crippen LogP contribution in [0.15, 0.2) is 0 Å². The van der Waals surface area contributed by atoms with Crippen LogP contribution >= 0.6 is 8.25 Å². The van der Waals surface area contributed by atoms with Gasteiger partial charge >= 0.3 is 14.2 Å². The Hall–Kier alpha value is -0.565. The number of aliphatic hydroxyl groups excluding tert-OH is 1. The summed E-state index contributed by atoms with van der Waals surface area (Å²) in [7, 11) is 4.24. The minimum atomic E-state index is -2.57. The van der Waals surface area contributed by atoms with Gasteiger partial charge in [-0.05, 0) is 0 Å². The molecule has 0 spiro atoms. The minimum absolute atomic E-state index is 0.196. The predicted octanol–water partition coefficient (Wildman–Crippen LogP) is -0.969. The molecule has 1 heterocycles. The van der Waals surface area contributed by atoms with Crippen molar-refractivity contribution in [1.29, 1.82) is 0 Å². The third-order valence-electron chi connectivity index (χ3n) is 2.28. The number of carbonyl (C=O) groups is 1. The van der Waals surface area contributed by atoms with Gasteiger partial charge in [-0.3, -0.25) is 0 Å². The Morgan fingerprint density at radius 2 is 2.17 bits per heavy atom. The molecule has 8 nitrogen and oxygen atoms in total. The average Bonchev–Trinajstić information content (AvgIpc) is 2.59. The van der Waals surface area contributed by atoms with Gasteiger partial charge in [0.15, 0.2) is 0 Å². The van der Waals surface area contributed by atoms with Crippen LogP contribution in [0.25, 0.3) is 0 Å². The maximum absolute atomic E-state index is 11.1. The highest BCUT2D eigenvalue weighted by molar-refractivity contribution is 7.33. The minimum Gasteiger partial charge on any atom is -0.479 e. The Kier molecular flexibility index (Phi) is 6.14. The Balaban J connectivity index is 2.34. The largest absolute Gasteiger partial charge is 0.698 e. The molecule has 5 atom stereocenters. The van der Waals surface area contributed by atoms with E-state index in [4.69, 9.17) is 27.0 Å². The molecule has 0 aromatic heterocycles. The fourth-order valence-electron chi connectivity index (χ4n) is 1.47. The molecule has 0 aliphatic carbocycles. The van der Waals surface area contributed by atoms with Crippen LogP contribution in [0, 0.1) is 0 Å². The smallest absolute Gasteiger partial charge is 0.479 e. The third-order valence-corrected chi connectivity index (χ3v) is 2.98. The van der Waals surface area contributed by atoms with Crippen molar-refractivity contribution in [2.45, 2.75) is 24.3 Å². The molecule has 1 fully saturated rings. The molecular formula is C8H13BO8P+. The van der Waals surface area contributed by atoms with E-state index < -0.39 is 45.1 Å². The number of rotatable bonds is 7. The molecule has 1 rings (SSSR count). The van der Waals surface area contributed by atoms with E-state index in [2.05, 4.69) is 4.52 Å². The highest BCUT2D eigenvalue weighted by Crippen LogP contribution is 2.28. The van der Waals surface area contributed by atoms with Crippen molar-refractivity contribution in [2.75, 3.05) is 20.3 Å². The molecule has 0 amide bonds.